The Kier molecular flexibility index (Phi) is 3.08. The van der Waals surface area contributed by atoms with Crippen LogP contribution in [-0.4, -0.2) is 18.1 Å². The molecule has 1 aromatic rings. The monoisotopic (exact) mass is 239 g/mol. The summed E-state index contributed by atoms with van der Waals surface area (Å²) < 4.78 is 0. The first-order valence-corrected chi connectivity index (χ1v) is 5.99. The summed E-state index contributed by atoms with van der Waals surface area (Å²) in [6, 6.07) is 1.91. The van der Waals surface area contributed by atoms with Gasteiger partial charge >= 0.3 is 0 Å². The fourth-order valence-electron chi connectivity index (χ4n) is 2.11. The molecule has 1 aliphatic heterocycles. The van der Waals surface area contributed by atoms with Crippen LogP contribution in [0.2, 0.25) is 5.02 Å². The number of aromatic nitrogens is 1. The smallest absolute Gasteiger partial charge is 0.147 e. The molecule has 16 heavy (non-hydrogen) atoms. The maximum Gasteiger partial charge on any atom is 0.147 e. The minimum atomic E-state index is 0.359. The molecule has 1 fully saturated rings. The van der Waals surface area contributed by atoms with Gasteiger partial charge in [0.2, 0.25) is 0 Å². The number of hydrogen-bond acceptors (Lipinski definition) is 3. The van der Waals surface area contributed by atoms with Gasteiger partial charge in [-0.2, -0.15) is 0 Å². The molecule has 1 aromatic heterocycles. The quantitative estimate of drug-likeness (QED) is 0.862. The number of anilines is 1. The summed E-state index contributed by atoms with van der Waals surface area (Å²) in [7, 11) is 0. The van der Waals surface area contributed by atoms with Crippen LogP contribution in [-0.2, 0) is 6.54 Å². The lowest BCUT2D eigenvalue weighted by molar-refractivity contribution is 0.418. The van der Waals surface area contributed by atoms with Gasteiger partial charge in [0.15, 0.2) is 0 Å². The van der Waals surface area contributed by atoms with Crippen LogP contribution in [0.5, 0.6) is 0 Å². The first kappa shape index (κ1) is 11.7. The molecule has 4 heteroatoms. The van der Waals surface area contributed by atoms with Crippen molar-refractivity contribution < 1.29 is 0 Å². The van der Waals surface area contributed by atoms with Gasteiger partial charge in [0.05, 0.1) is 5.02 Å². The molecule has 0 bridgehead atoms. The minimum absolute atomic E-state index is 0.359. The molecule has 0 amide bonds. The van der Waals surface area contributed by atoms with Crippen LogP contribution in [0.15, 0.2) is 12.3 Å². The molecule has 0 spiro atoms. The number of nitrogens with zero attached hydrogens (tertiary/aromatic N) is 2. The van der Waals surface area contributed by atoms with Crippen molar-refractivity contribution in [2.45, 2.75) is 26.8 Å². The second-order valence-corrected chi connectivity index (χ2v) is 5.60. The van der Waals surface area contributed by atoms with Crippen molar-refractivity contribution in [3.63, 3.8) is 0 Å². The maximum absolute atomic E-state index is 6.22. The van der Waals surface area contributed by atoms with E-state index in [1.54, 1.807) is 0 Å². The fourth-order valence-corrected chi connectivity index (χ4v) is 2.42. The van der Waals surface area contributed by atoms with Crippen LogP contribution < -0.4 is 10.6 Å². The molecule has 1 saturated heterocycles. The molecule has 1 aliphatic rings. The zero-order valence-corrected chi connectivity index (χ0v) is 10.6. The lowest BCUT2D eigenvalue weighted by Gasteiger charge is -2.21. The Balaban J connectivity index is 2.22. The van der Waals surface area contributed by atoms with Gasteiger partial charge in [0.25, 0.3) is 0 Å². The van der Waals surface area contributed by atoms with E-state index in [0.29, 0.717) is 17.0 Å². The lowest BCUT2D eigenvalue weighted by atomic mass is 9.93. The van der Waals surface area contributed by atoms with Gasteiger partial charge in [0, 0.05) is 25.8 Å². The molecular formula is C12H18ClN3. The minimum Gasteiger partial charge on any atom is -0.355 e. The molecule has 2 N–H and O–H groups in total. The Morgan fingerprint density at radius 3 is 2.81 bits per heavy atom. The van der Waals surface area contributed by atoms with E-state index in [9.17, 15) is 0 Å². The van der Waals surface area contributed by atoms with Gasteiger partial charge in [-0.05, 0) is 23.5 Å². The topological polar surface area (TPSA) is 42.2 Å². The number of halogens is 1. The van der Waals surface area contributed by atoms with Crippen molar-refractivity contribution in [1.82, 2.24) is 4.98 Å². The highest BCUT2D eigenvalue weighted by Gasteiger charge is 2.30. The van der Waals surface area contributed by atoms with E-state index in [0.717, 1.165) is 24.5 Å². The van der Waals surface area contributed by atoms with Crippen molar-refractivity contribution in [2.75, 3.05) is 18.0 Å². The van der Waals surface area contributed by atoms with Crippen LogP contribution in [0.3, 0.4) is 0 Å². The molecule has 3 nitrogen and oxygen atoms in total. The summed E-state index contributed by atoms with van der Waals surface area (Å²) in [6.07, 6.45) is 3.00. The number of rotatable bonds is 2. The third-order valence-electron chi connectivity index (χ3n) is 3.09. The first-order valence-electron chi connectivity index (χ1n) is 5.61. The Labute approximate surface area is 102 Å². The third-order valence-corrected chi connectivity index (χ3v) is 3.37. The van der Waals surface area contributed by atoms with Gasteiger partial charge in [-0.3, -0.25) is 0 Å². The Hall–Kier alpha value is -0.800. The highest BCUT2D eigenvalue weighted by atomic mass is 35.5. The molecule has 88 valence electrons. The van der Waals surface area contributed by atoms with E-state index in [1.807, 2.05) is 12.3 Å². The summed E-state index contributed by atoms with van der Waals surface area (Å²) in [4.78, 5) is 6.66. The zero-order chi connectivity index (χ0) is 11.8. The van der Waals surface area contributed by atoms with Crippen LogP contribution in [0.4, 0.5) is 5.82 Å². The van der Waals surface area contributed by atoms with E-state index < -0.39 is 0 Å². The number of nitrogens with two attached hydrogens (primary N) is 1. The molecule has 0 aliphatic carbocycles. The molecule has 0 radical (unpaired) electrons. The van der Waals surface area contributed by atoms with Gasteiger partial charge in [0.1, 0.15) is 5.82 Å². The summed E-state index contributed by atoms with van der Waals surface area (Å²) in [5, 5.41) is 0.709. The average molecular weight is 240 g/mol. The van der Waals surface area contributed by atoms with E-state index in [4.69, 9.17) is 17.3 Å². The van der Waals surface area contributed by atoms with Crippen molar-refractivity contribution >= 4 is 17.4 Å². The van der Waals surface area contributed by atoms with Crippen LogP contribution in [0.1, 0.15) is 25.8 Å². The van der Waals surface area contributed by atoms with E-state index in [2.05, 4.69) is 23.7 Å². The Morgan fingerprint density at radius 1 is 1.56 bits per heavy atom. The number of pyridine rings is 1. The maximum atomic E-state index is 6.22. The van der Waals surface area contributed by atoms with E-state index in [-0.39, 0.29) is 0 Å². The van der Waals surface area contributed by atoms with Gasteiger partial charge in [-0.1, -0.05) is 25.4 Å². The Morgan fingerprint density at radius 2 is 2.31 bits per heavy atom. The lowest BCUT2D eigenvalue weighted by Crippen LogP contribution is -2.24. The molecular weight excluding hydrogens is 222 g/mol. The second-order valence-electron chi connectivity index (χ2n) is 5.19. The summed E-state index contributed by atoms with van der Waals surface area (Å²) in [5.74, 6) is 0.893. The molecule has 0 atom stereocenters. The van der Waals surface area contributed by atoms with Gasteiger partial charge < -0.3 is 10.6 Å². The molecule has 0 aromatic carbocycles. The molecule has 0 saturated carbocycles. The summed E-state index contributed by atoms with van der Waals surface area (Å²) in [5.41, 5.74) is 6.89. The second kappa shape index (κ2) is 4.22. The molecule has 0 unspecified atom stereocenters. The van der Waals surface area contributed by atoms with E-state index >= 15 is 0 Å². The highest BCUT2D eigenvalue weighted by molar-refractivity contribution is 6.33. The third kappa shape index (κ3) is 2.30. The zero-order valence-electron chi connectivity index (χ0n) is 9.83. The average Bonchev–Trinajstić information content (AvgIpc) is 2.58. The van der Waals surface area contributed by atoms with Crippen molar-refractivity contribution in [1.29, 1.82) is 0 Å². The summed E-state index contributed by atoms with van der Waals surface area (Å²) >= 11 is 6.22. The molecule has 2 rings (SSSR count). The summed E-state index contributed by atoms with van der Waals surface area (Å²) in [6.45, 7) is 7.08. The number of hydrogen-bond donors (Lipinski definition) is 1. The van der Waals surface area contributed by atoms with E-state index in [1.165, 1.54) is 6.42 Å². The Bertz CT molecular complexity index is 390. The standard InChI is InChI=1S/C12H18ClN3/c1-12(2)3-4-16(8-12)11-10(13)5-9(6-14)7-15-11/h5,7H,3-4,6,8,14H2,1-2H3. The van der Waals surface area contributed by atoms with Crippen LogP contribution in [0, 0.1) is 5.41 Å². The first-order chi connectivity index (χ1) is 7.52. The predicted octanol–water partition coefficient (Wildman–Crippen LogP) is 2.43. The van der Waals surface area contributed by atoms with Crippen molar-refractivity contribution in [2.24, 2.45) is 11.1 Å². The van der Waals surface area contributed by atoms with Gasteiger partial charge in [-0.15, -0.1) is 0 Å². The normalized spacial score (nSPS) is 19.1. The van der Waals surface area contributed by atoms with Gasteiger partial charge in [-0.25, -0.2) is 4.98 Å². The van der Waals surface area contributed by atoms with Crippen molar-refractivity contribution in [3.05, 3.63) is 22.8 Å². The van der Waals surface area contributed by atoms with Crippen LogP contribution in [0.25, 0.3) is 0 Å². The fraction of sp³-hybridized carbons (Fsp3) is 0.583. The van der Waals surface area contributed by atoms with Crippen LogP contribution >= 0.6 is 11.6 Å². The highest BCUT2D eigenvalue weighted by Crippen LogP contribution is 2.34. The SMILES string of the molecule is CC1(C)CCN(c2ncc(CN)cc2Cl)C1. The van der Waals surface area contributed by atoms with Crippen molar-refractivity contribution in [3.8, 4) is 0 Å². The predicted molar refractivity (Wildman–Crippen MR) is 67.7 cm³/mol. The molecule has 2 heterocycles. The largest absolute Gasteiger partial charge is 0.355 e.